The maximum absolute atomic E-state index is 13.4. The van der Waals surface area contributed by atoms with Crippen LogP contribution in [0.5, 0.6) is 5.75 Å². The second-order valence-corrected chi connectivity index (χ2v) is 4.97. The third-order valence-electron chi connectivity index (χ3n) is 2.61. The quantitative estimate of drug-likeness (QED) is 0.726. The Labute approximate surface area is 127 Å². The highest BCUT2D eigenvalue weighted by atomic mass is 79.9. The Morgan fingerprint density at radius 2 is 1.62 bits per heavy atom. The zero-order valence-corrected chi connectivity index (χ0v) is 12.1. The van der Waals surface area contributed by atoms with E-state index in [0.29, 0.717) is 4.47 Å². The fraction of sp³-hybridized carbons (Fsp3) is 0. The summed E-state index contributed by atoms with van der Waals surface area (Å²) in [5.41, 5.74) is 3.97. The number of carbonyl (C=O) groups excluding carboxylic acids is 2. The van der Waals surface area contributed by atoms with Gasteiger partial charge < -0.3 is 5.11 Å². The second kappa shape index (κ2) is 6.36. The van der Waals surface area contributed by atoms with Crippen molar-refractivity contribution in [2.75, 3.05) is 0 Å². The molecule has 0 unspecified atom stereocenters. The Bertz CT molecular complexity index is 706. The molecule has 0 saturated carbocycles. The first-order valence-electron chi connectivity index (χ1n) is 5.83. The monoisotopic (exact) mass is 352 g/mol. The third kappa shape index (κ3) is 3.57. The Balaban J connectivity index is 2.04. The van der Waals surface area contributed by atoms with E-state index >= 15 is 0 Å². The minimum Gasteiger partial charge on any atom is -0.507 e. The van der Waals surface area contributed by atoms with Crippen molar-refractivity contribution in [3.8, 4) is 5.75 Å². The summed E-state index contributed by atoms with van der Waals surface area (Å²) in [6.07, 6.45) is 0. The number of halogens is 2. The lowest BCUT2D eigenvalue weighted by Gasteiger charge is -2.09. The van der Waals surface area contributed by atoms with Gasteiger partial charge in [-0.3, -0.25) is 20.4 Å². The zero-order valence-electron chi connectivity index (χ0n) is 10.6. The largest absolute Gasteiger partial charge is 0.507 e. The number of aromatic hydroxyl groups is 1. The fourth-order valence-electron chi connectivity index (χ4n) is 1.59. The van der Waals surface area contributed by atoms with Gasteiger partial charge in [0, 0.05) is 4.47 Å². The minimum atomic E-state index is -0.793. The molecule has 0 radical (unpaired) electrons. The van der Waals surface area contributed by atoms with E-state index in [4.69, 9.17) is 0 Å². The van der Waals surface area contributed by atoms with Crippen molar-refractivity contribution < 1.29 is 19.1 Å². The van der Waals surface area contributed by atoms with E-state index in [1.54, 1.807) is 6.07 Å². The molecule has 0 aromatic heterocycles. The van der Waals surface area contributed by atoms with Crippen molar-refractivity contribution in [2.24, 2.45) is 0 Å². The lowest BCUT2D eigenvalue weighted by molar-refractivity contribution is 0.0842. The number of carbonyl (C=O) groups is 2. The summed E-state index contributed by atoms with van der Waals surface area (Å²) in [4.78, 5) is 23.5. The Kier molecular flexibility index (Phi) is 4.54. The van der Waals surface area contributed by atoms with Gasteiger partial charge in [0.05, 0.1) is 11.1 Å². The molecule has 0 aliphatic rings. The molecule has 5 nitrogen and oxygen atoms in total. The van der Waals surface area contributed by atoms with Crippen molar-refractivity contribution in [3.05, 3.63) is 63.9 Å². The summed E-state index contributed by atoms with van der Waals surface area (Å²) in [5, 5.41) is 9.62. The van der Waals surface area contributed by atoms with Gasteiger partial charge in [-0.25, -0.2) is 4.39 Å². The minimum absolute atomic E-state index is 0.0213. The molecule has 0 bridgehead atoms. The molecular weight excluding hydrogens is 343 g/mol. The topological polar surface area (TPSA) is 78.4 Å². The number of hydrogen-bond acceptors (Lipinski definition) is 3. The van der Waals surface area contributed by atoms with Crippen LogP contribution in [0.4, 0.5) is 4.39 Å². The van der Waals surface area contributed by atoms with Crippen molar-refractivity contribution in [1.29, 1.82) is 0 Å². The zero-order chi connectivity index (χ0) is 15.4. The van der Waals surface area contributed by atoms with E-state index in [1.807, 2.05) is 0 Å². The van der Waals surface area contributed by atoms with Crippen LogP contribution in [-0.4, -0.2) is 16.9 Å². The summed E-state index contributed by atoms with van der Waals surface area (Å²) >= 11 is 3.14. The van der Waals surface area contributed by atoms with E-state index in [0.717, 1.165) is 6.07 Å². The first kappa shape index (κ1) is 15.0. The predicted octanol–water partition coefficient (Wildman–Crippen LogP) is 2.37. The van der Waals surface area contributed by atoms with Crippen LogP contribution in [0.1, 0.15) is 20.7 Å². The molecule has 3 N–H and O–H groups in total. The highest BCUT2D eigenvalue weighted by Gasteiger charge is 2.14. The number of phenols is 1. The molecule has 0 atom stereocenters. The van der Waals surface area contributed by atoms with Crippen LogP contribution in [0.25, 0.3) is 0 Å². The molecule has 0 aliphatic carbocycles. The molecule has 108 valence electrons. The van der Waals surface area contributed by atoms with Gasteiger partial charge in [-0.1, -0.05) is 28.1 Å². The summed E-state index contributed by atoms with van der Waals surface area (Å²) in [7, 11) is 0. The molecule has 0 fully saturated rings. The molecule has 0 aliphatic heterocycles. The molecule has 0 spiro atoms. The number of phenolic OH excluding ortho intramolecular Hbond substituents is 1. The highest BCUT2D eigenvalue weighted by Crippen LogP contribution is 2.21. The standard InChI is InChI=1S/C14H10BrFN2O3/c15-8-5-6-10(12(19)7-8)14(21)18-17-13(20)9-3-1-2-4-11(9)16/h1-7,19H,(H,17,20)(H,18,21). The summed E-state index contributed by atoms with van der Waals surface area (Å²) < 4.78 is 14.0. The number of rotatable bonds is 2. The summed E-state index contributed by atoms with van der Waals surface area (Å²) in [5.74, 6) is -2.46. The Hall–Kier alpha value is -2.41. The molecule has 0 heterocycles. The van der Waals surface area contributed by atoms with E-state index in [1.165, 1.54) is 30.3 Å². The van der Waals surface area contributed by atoms with Gasteiger partial charge in [0.15, 0.2) is 0 Å². The van der Waals surface area contributed by atoms with Gasteiger partial charge in [-0.05, 0) is 30.3 Å². The van der Waals surface area contributed by atoms with Gasteiger partial charge in [-0.2, -0.15) is 0 Å². The number of amides is 2. The maximum Gasteiger partial charge on any atom is 0.273 e. The smallest absolute Gasteiger partial charge is 0.273 e. The average molecular weight is 353 g/mol. The van der Waals surface area contributed by atoms with Crippen LogP contribution in [0.3, 0.4) is 0 Å². The maximum atomic E-state index is 13.4. The van der Waals surface area contributed by atoms with Gasteiger partial charge in [0.2, 0.25) is 0 Å². The van der Waals surface area contributed by atoms with E-state index < -0.39 is 17.6 Å². The normalized spacial score (nSPS) is 10.0. The molecule has 21 heavy (non-hydrogen) atoms. The Morgan fingerprint density at radius 3 is 2.24 bits per heavy atom. The van der Waals surface area contributed by atoms with Crippen molar-refractivity contribution in [1.82, 2.24) is 10.9 Å². The number of hydrazine groups is 1. The lowest BCUT2D eigenvalue weighted by atomic mass is 10.2. The molecule has 2 aromatic rings. The second-order valence-electron chi connectivity index (χ2n) is 4.05. The van der Waals surface area contributed by atoms with Crippen molar-refractivity contribution in [3.63, 3.8) is 0 Å². The number of hydrogen-bond donors (Lipinski definition) is 3. The van der Waals surface area contributed by atoms with E-state index in [-0.39, 0.29) is 16.9 Å². The molecule has 0 saturated heterocycles. The van der Waals surface area contributed by atoms with Gasteiger partial charge in [0.1, 0.15) is 11.6 Å². The molecule has 7 heteroatoms. The number of nitrogens with one attached hydrogen (secondary N) is 2. The van der Waals surface area contributed by atoms with Gasteiger partial charge in [-0.15, -0.1) is 0 Å². The third-order valence-corrected chi connectivity index (χ3v) is 3.11. The molecular formula is C14H10BrFN2O3. The molecule has 2 rings (SSSR count). The van der Waals surface area contributed by atoms with Crippen LogP contribution in [0, 0.1) is 5.82 Å². The highest BCUT2D eigenvalue weighted by molar-refractivity contribution is 9.10. The van der Waals surface area contributed by atoms with Gasteiger partial charge in [0.25, 0.3) is 11.8 Å². The van der Waals surface area contributed by atoms with Crippen LogP contribution in [0.2, 0.25) is 0 Å². The van der Waals surface area contributed by atoms with Crippen LogP contribution in [-0.2, 0) is 0 Å². The van der Waals surface area contributed by atoms with Crippen LogP contribution < -0.4 is 10.9 Å². The summed E-state index contributed by atoms with van der Waals surface area (Å²) in [6.45, 7) is 0. The SMILES string of the molecule is O=C(NNC(=O)c1ccccc1F)c1ccc(Br)cc1O. The molecule has 2 aromatic carbocycles. The van der Waals surface area contributed by atoms with Crippen molar-refractivity contribution >= 4 is 27.7 Å². The van der Waals surface area contributed by atoms with Crippen molar-refractivity contribution in [2.45, 2.75) is 0 Å². The van der Waals surface area contributed by atoms with Crippen LogP contribution in [0.15, 0.2) is 46.9 Å². The predicted molar refractivity (Wildman–Crippen MR) is 77.1 cm³/mol. The molecule has 2 amide bonds. The van der Waals surface area contributed by atoms with Crippen LogP contribution >= 0.6 is 15.9 Å². The van der Waals surface area contributed by atoms with E-state index in [2.05, 4.69) is 26.8 Å². The van der Waals surface area contributed by atoms with E-state index in [9.17, 15) is 19.1 Å². The van der Waals surface area contributed by atoms with Gasteiger partial charge >= 0.3 is 0 Å². The first-order valence-corrected chi connectivity index (χ1v) is 6.62. The fourth-order valence-corrected chi connectivity index (χ4v) is 1.94. The Morgan fingerprint density at radius 1 is 1.00 bits per heavy atom. The lowest BCUT2D eigenvalue weighted by Crippen LogP contribution is -2.41. The first-order chi connectivity index (χ1) is 9.99. The number of benzene rings is 2. The summed E-state index contributed by atoms with van der Waals surface area (Å²) in [6, 6.07) is 9.65. The average Bonchev–Trinajstić information content (AvgIpc) is 2.45.